The summed E-state index contributed by atoms with van der Waals surface area (Å²) in [6.45, 7) is 8.73. The lowest BCUT2D eigenvalue weighted by molar-refractivity contribution is 0.209. The highest BCUT2D eigenvalue weighted by atomic mass is 16.1. The molecule has 0 bridgehead atoms. The Morgan fingerprint density at radius 2 is 1.79 bits per heavy atom. The molecule has 5 rings (SSSR count). The van der Waals surface area contributed by atoms with Crippen LogP contribution in [0.4, 0.5) is 17.3 Å². The second-order valence-electron chi connectivity index (χ2n) is 9.54. The Kier molecular flexibility index (Phi) is 6.20. The van der Waals surface area contributed by atoms with Crippen molar-refractivity contribution in [3.63, 3.8) is 0 Å². The molecule has 3 heterocycles. The van der Waals surface area contributed by atoms with E-state index in [2.05, 4.69) is 46.1 Å². The minimum Gasteiger partial charge on any atom is -0.369 e. The van der Waals surface area contributed by atoms with E-state index >= 15 is 0 Å². The molecule has 1 aromatic carbocycles. The Bertz CT molecular complexity index is 1260. The first kappa shape index (κ1) is 22.4. The zero-order valence-corrected chi connectivity index (χ0v) is 19.9. The van der Waals surface area contributed by atoms with Crippen molar-refractivity contribution in [1.82, 2.24) is 19.4 Å². The van der Waals surface area contributed by atoms with Gasteiger partial charge in [0.1, 0.15) is 17.3 Å². The van der Waals surface area contributed by atoms with Gasteiger partial charge in [0, 0.05) is 61.2 Å². The lowest BCUT2D eigenvalue weighted by atomic mass is 10.2. The van der Waals surface area contributed by atoms with E-state index < -0.39 is 0 Å². The van der Waals surface area contributed by atoms with Crippen LogP contribution in [0.5, 0.6) is 0 Å². The van der Waals surface area contributed by atoms with Crippen molar-refractivity contribution >= 4 is 28.4 Å². The van der Waals surface area contributed by atoms with Gasteiger partial charge in [0.2, 0.25) is 5.95 Å². The summed E-state index contributed by atoms with van der Waals surface area (Å²) < 4.78 is 1.72. The van der Waals surface area contributed by atoms with Gasteiger partial charge in [-0.05, 0) is 57.0 Å². The standard InChI is InChI=1S/C26H31N7O/c1-18(2)31-11-13-32(14-12-31)22-9-7-21(8-10-22)29-26-28-17-20-15-19(16-27)25(34)33(24(20)30-26)23-5-3-4-6-23/h7-10,15,17-18,23H,3-6,11-14H2,1-2H3,(H,28,29,30). The molecule has 1 saturated heterocycles. The summed E-state index contributed by atoms with van der Waals surface area (Å²) in [5.41, 5.74) is 2.59. The minimum atomic E-state index is -0.256. The number of rotatable bonds is 5. The van der Waals surface area contributed by atoms with Gasteiger partial charge in [-0.1, -0.05) is 12.8 Å². The second-order valence-corrected chi connectivity index (χ2v) is 9.54. The molecule has 0 amide bonds. The van der Waals surface area contributed by atoms with E-state index in [4.69, 9.17) is 4.98 Å². The maximum absolute atomic E-state index is 13.0. The van der Waals surface area contributed by atoms with Gasteiger partial charge in [0.15, 0.2) is 0 Å². The smallest absolute Gasteiger partial charge is 0.270 e. The number of aromatic nitrogens is 3. The molecule has 176 valence electrons. The van der Waals surface area contributed by atoms with Gasteiger partial charge in [0.25, 0.3) is 5.56 Å². The number of anilines is 3. The van der Waals surface area contributed by atoms with E-state index in [-0.39, 0.29) is 17.2 Å². The van der Waals surface area contributed by atoms with Crippen LogP contribution in [0.2, 0.25) is 0 Å². The fraction of sp³-hybridized carbons (Fsp3) is 0.462. The van der Waals surface area contributed by atoms with Crippen molar-refractivity contribution in [1.29, 1.82) is 5.26 Å². The van der Waals surface area contributed by atoms with Gasteiger partial charge in [-0.25, -0.2) is 4.98 Å². The fourth-order valence-corrected chi connectivity index (χ4v) is 5.14. The molecule has 2 aromatic heterocycles. The molecular formula is C26H31N7O. The highest BCUT2D eigenvalue weighted by Crippen LogP contribution is 2.31. The first-order valence-electron chi connectivity index (χ1n) is 12.2. The predicted molar refractivity (Wildman–Crippen MR) is 135 cm³/mol. The van der Waals surface area contributed by atoms with E-state index in [0.717, 1.165) is 57.5 Å². The van der Waals surface area contributed by atoms with Crippen LogP contribution >= 0.6 is 0 Å². The Morgan fingerprint density at radius 3 is 2.44 bits per heavy atom. The summed E-state index contributed by atoms with van der Waals surface area (Å²) in [4.78, 5) is 27.0. The number of nitriles is 1. The molecule has 1 aliphatic carbocycles. The topological polar surface area (TPSA) is 90.1 Å². The number of hydrogen-bond acceptors (Lipinski definition) is 7. The largest absolute Gasteiger partial charge is 0.369 e. The summed E-state index contributed by atoms with van der Waals surface area (Å²) >= 11 is 0. The van der Waals surface area contributed by atoms with Gasteiger partial charge in [0.05, 0.1) is 0 Å². The molecule has 2 fully saturated rings. The first-order valence-corrected chi connectivity index (χ1v) is 12.2. The summed E-state index contributed by atoms with van der Waals surface area (Å²) in [5.74, 6) is 0.446. The third kappa shape index (κ3) is 4.36. The Morgan fingerprint density at radius 1 is 1.09 bits per heavy atom. The number of fused-ring (bicyclic) bond motifs is 1. The normalized spacial score (nSPS) is 17.4. The first-order chi connectivity index (χ1) is 16.5. The van der Waals surface area contributed by atoms with E-state index in [0.29, 0.717) is 23.0 Å². The molecule has 1 N–H and O–H groups in total. The molecule has 1 aliphatic heterocycles. The lowest BCUT2D eigenvalue weighted by Crippen LogP contribution is -2.48. The average Bonchev–Trinajstić information content (AvgIpc) is 3.39. The zero-order chi connectivity index (χ0) is 23.7. The van der Waals surface area contributed by atoms with E-state index in [1.807, 2.05) is 18.2 Å². The molecular weight excluding hydrogens is 426 g/mol. The monoisotopic (exact) mass is 457 g/mol. The van der Waals surface area contributed by atoms with Crippen molar-refractivity contribution in [3.8, 4) is 6.07 Å². The number of nitrogens with one attached hydrogen (secondary N) is 1. The second kappa shape index (κ2) is 9.43. The highest BCUT2D eigenvalue weighted by molar-refractivity contribution is 5.77. The van der Waals surface area contributed by atoms with Crippen LogP contribution in [-0.2, 0) is 0 Å². The zero-order valence-electron chi connectivity index (χ0n) is 19.9. The summed E-state index contributed by atoms with van der Waals surface area (Å²) in [6, 6.07) is 12.6. The molecule has 0 atom stereocenters. The molecule has 3 aromatic rings. The van der Waals surface area contributed by atoms with E-state index in [1.54, 1.807) is 16.8 Å². The van der Waals surface area contributed by atoms with Gasteiger partial charge in [-0.3, -0.25) is 14.3 Å². The van der Waals surface area contributed by atoms with Gasteiger partial charge in [-0.15, -0.1) is 0 Å². The average molecular weight is 458 g/mol. The van der Waals surface area contributed by atoms with Crippen LogP contribution < -0.4 is 15.8 Å². The number of piperazine rings is 1. The van der Waals surface area contributed by atoms with Crippen LogP contribution in [-0.4, -0.2) is 51.7 Å². The lowest BCUT2D eigenvalue weighted by Gasteiger charge is -2.38. The molecule has 8 heteroatoms. The molecule has 8 nitrogen and oxygen atoms in total. The maximum atomic E-state index is 13.0. The number of pyridine rings is 1. The maximum Gasteiger partial charge on any atom is 0.270 e. The molecule has 1 saturated carbocycles. The molecule has 34 heavy (non-hydrogen) atoms. The highest BCUT2D eigenvalue weighted by Gasteiger charge is 2.23. The predicted octanol–water partition coefficient (Wildman–Crippen LogP) is 4.05. The third-order valence-corrected chi connectivity index (χ3v) is 7.12. The summed E-state index contributed by atoms with van der Waals surface area (Å²) in [7, 11) is 0. The Balaban J connectivity index is 1.37. The third-order valence-electron chi connectivity index (χ3n) is 7.12. The van der Waals surface area contributed by atoms with Gasteiger partial charge in [-0.2, -0.15) is 10.2 Å². The molecule has 0 unspecified atom stereocenters. The van der Waals surface area contributed by atoms with Crippen molar-refractivity contribution in [2.75, 3.05) is 36.4 Å². The molecule has 0 spiro atoms. The van der Waals surface area contributed by atoms with Crippen LogP contribution in [0.3, 0.4) is 0 Å². The van der Waals surface area contributed by atoms with Crippen LogP contribution in [0.15, 0.2) is 41.3 Å². The number of hydrogen-bond donors (Lipinski definition) is 1. The van der Waals surface area contributed by atoms with Crippen molar-refractivity contribution in [3.05, 3.63) is 52.4 Å². The van der Waals surface area contributed by atoms with Crippen molar-refractivity contribution in [2.24, 2.45) is 0 Å². The van der Waals surface area contributed by atoms with Gasteiger partial charge < -0.3 is 10.2 Å². The quantitative estimate of drug-likeness (QED) is 0.618. The van der Waals surface area contributed by atoms with E-state index in [1.165, 1.54) is 5.69 Å². The Hall–Kier alpha value is -3.44. The van der Waals surface area contributed by atoms with Gasteiger partial charge >= 0.3 is 0 Å². The number of nitrogens with zero attached hydrogens (tertiary/aromatic N) is 6. The van der Waals surface area contributed by atoms with Crippen LogP contribution in [0.25, 0.3) is 11.0 Å². The number of benzene rings is 1. The molecule has 2 aliphatic rings. The molecule has 0 radical (unpaired) electrons. The van der Waals surface area contributed by atoms with Crippen molar-refractivity contribution < 1.29 is 0 Å². The van der Waals surface area contributed by atoms with Crippen LogP contribution in [0.1, 0.15) is 51.1 Å². The van der Waals surface area contributed by atoms with Crippen LogP contribution in [0, 0.1) is 11.3 Å². The SMILES string of the molecule is CC(C)N1CCN(c2ccc(Nc3ncc4cc(C#N)c(=O)n(C5CCCC5)c4n3)cc2)CC1. The fourth-order valence-electron chi connectivity index (χ4n) is 5.14. The minimum absolute atomic E-state index is 0.0847. The Labute approximate surface area is 199 Å². The summed E-state index contributed by atoms with van der Waals surface area (Å²) in [5, 5.41) is 13.4. The summed E-state index contributed by atoms with van der Waals surface area (Å²) in [6.07, 6.45) is 5.74. The van der Waals surface area contributed by atoms with E-state index in [9.17, 15) is 10.1 Å². The van der Waals surface area contributed by atoms with Crippen molar-refractivity contribution in [2.45, 2.75) is 51.6 Å².